The van der Waals surface area contributed by atoms with E-state index in [1.165, 1.54) is 12.1 Å². The summed E-state index contributed by atoms with van der Waals surface area (Å²) in [6, 6.07) is 11.2. The van der Waals surface area contributed by atoms with Crippen LogP contribution in [0.3, 0.4) is 0 Å². The normalized spacial score (nSPS) is 11.2. The SMILES string of the molecule is Cc1ccccc1Nc1ccc(C(N)=S)c(C(F)(F)F)c1. The molecule has 0 radical (unpaired) electrons. The Labute approximate surface area is 125 Å². The molecule has 0 aliphatic heterocycles. The predicted molar refractivity (Wildman–Crippen MR) is 81.8 cm³/mol. The minimum absolute atomic E-state index is 0.173. The lowest BCUT2D eigenvalue weighted by Crippen LogP contribution is -2.18. The standard InChI is InChI=1S/C15H13F3N2S/c1-9-4-2-3-5-13(9)20-10-6-7-11(14(19)21)12(8-10)15(16,17)18/h2-8,20H,1H3,(H2,19,21). The molecule has 0 amide bonds. The molecule has 0 atom stereocenters. The number of nitrogens with one attached hydrogen (secondary N) is 1. The van der Waals surface area contributed by atoms with Gasteiger partial charge in [0.25, 0.3) is 0 Å². The number of benzene rings is 2. The molecule has 0 unspecified atom stereocenters. The Morgan fingerprint density at radius 3 is 2.38 bits per heavy atom. The van der Waals surface area contributed by atoms with E-state index in [1.54, 1.807) is 6.07 Å². The van der Waals surface area contributed by atoms with Crippen LogP contribution < -0.4 is 11.1 Å². The molecule has 21 heavy (non-hydrogen) atoms. The van der Waals surface area contributed by atoms with Gasteiger partial charge in [0.15, 0.2) is 0 Å². The van der Waals surface area contributed by atoms with Gasteiger partial charge >= 0.3 is 6.18 Å². The Morgan fingerprint density at radius 1 is 1.14 bits per heavy atom. The molecule has 0 saturated heterocycles. The maximum atomic E-state index is 13.1. The highest BCUT2D eigenvalue weighted by Crippen LogP contribution is 2.34. The van der Waals surface area contributed by atoms with Crippen molar-refractivity contribution in [2.75, 3.05) is 5.32 Å². The summed E-state index contributed by atoms with van der Waals surface area (Å²) in [4.78, 5) is -0.273. The monoisotopic (exact) mass is 310 g/mol. The lowest BCUT2D eigenvalue weighted by Gasteiger charge is -2.15. The van der Waals surface area contributed by atoms with Crippen molar-refractivity contribution in [3.63, 3.8) is 0 Å². The molecule has 0 fully saturated rings. The molecule has 3 N–H and O–H groups in total. The smallest absolute Gasteiger partial charge is 0.389 e. The van der Waals surface area contributed by atoms with Crippen LogP contribution >= 0.6 is 12.2 Å². The molecule has 0 saturated carbocycles. The number of aryl methyl sites for hydroxylation is 1. The quantitative estimate of drug-likeness (QED) is 0.826. The minimum atomic E-state index is -4.51. The van der Waals surface area contributed by atoms with E-state index in [2.05, 4.69) is 17.5 Å². The number of rotatable bonds is 3. The first kappa shape index (κ1) is 15.3. The van der Waals surface area contributed by atoms with Crippen molar-refractivity contribution in [1.82, 2.24) is 0 Å². The summed E-state index contributed by atoms with van der Waals surface area (Å²) in [5, 5.41) is 2.97. The molecule has 0 aliphatic rings. The molecule has 110 valence electrons. The minimum Gasteiger partial charge on any atom is -0.389 e. The average molecular weight is 310 g/mol. The van der Waals surface area contributed by atoms with Crippen LogP contribution in [0.4, 0.5) is 24.5 Å². The number of hydrogen-bond acceptors (Lipinski definition) is 2. The van der Waals surface area contributed by atoms with Gasteiger partial charge in [-0.2, -0.15) is 13.2 Å². The van der Waals surface area contributed by atoms with Crippen LogP contribution in [0.1, 0.15) is 16.7 Å². The van der Waals surface area contributed by atoms with E-state index in [-0.39, 0.29) is 10.6 Å². The first-order valence-electron chi connectivity index (χ1n) is 6.13. The second kappa shape index (κ2) is 5.73. The maximum absolute atomic E-state index is 13.1. The first-order chi connectivity index (χ1) is 9.79. The van der Waals surface area contributed by atoms with E-state index in [9.17, 15) is 13.2 Å². The third-order valence-corrected chi connectivity index (χ3v) is 3.23. The van der Waals surface area contributed by atoms with Crippen LogP contribution in [0.15, 0.2) is 42.5 Å². The van der Waals surface area contributed by atoms with Gasteiger partial charge in [0.1, 0.15) is 4.99 Å². The summed E-state index contributed by atoms with van der Waals surface area (Å²) < 4.78 is 39.2. The van der Waals surface area contributed by atoms with Crippen LogP contribution in [0.2, 0.25) is 0 Å². The van der Waals surface area contributed by atoms with Crippen LogP contribution in [-0.4, -0.2) is 4.99 Å². The van der Waals surface area contributed by atoms with Crippen LogP contribution in [0.25, 0.3) is 0 Å². The number of alkyl halides is 3. The van der Waals surface area contributed by atoms with Gasteiger partial charge in [0.05, 0.1) is 5.56 Å². The molecule has 2 nitrogen and oxygen atoms in total. The summed E-state index contributed by atoms with van der Waals surface area (Å²) in [5.74, 6) is 0. The van der Waals surface area contributed by atoms with Gasteiger partial charge in [-0.1, -0.05) is 30.4 Å². The van der Waals surface area contributed by atoms with E-state index >= 15 is 0 Å². The van der Waals surface area contributed by atoms with Gasteiger partial charge < -0.3 is 11.1 Å². The highest BCUT2D eigenvalue weighted by atomic mass is 32.1. The molecule has 0 aliphatic carbocycles. The van der Waals surface area contributed by atoms with Crippen molar-refractivity contribution < 1.29 is 13.2 Å². The highest BCUT2D eigenvalue weighted by Gasteiger charge is 2.34. The molecule has 0 heterocycles. The van der Waals surface area contributed by atoms with Crippen molar-refractivity contribution in [1.29, 1.82) is 0 Å². The van der Waals surface area contributed by atoms with Crippen molar-refractivity contribution in [3.05, 3.63) is 59.2 Å². The Balaban J connectivity index is 2.43. The summed E-state index contributed by atoms with van der Waals surface area (Å²) in [6.45, 7) is 1.87. The largest absolute Gasteiger partial charge is 0.417 e. The number of nitrogens with two attached hydrogens (primary N) is 1. The third kappa shape index (κ3) is 3.52. The lowest BCUT2D eigenvalue weighted by atomic mass is 10.1. The number of halogens is 3. The van der Waals surface area contributed by atoms with Gasteiger partial charge in [0.2, 0.25) is 0 Å². The molecule has 0 bridgehead atoms. The highest BCUT2D eigenvalue weighted by molar-refractivity contribution is 7.80. The fourth-order valence-corrected chi connectivity index (χ4v) is 2.12. The lowest BCUT2D eigenvalue weighted by molar-refractivity contribution is -0.137. The molecular weight excluding hydrogens is 297 g/mol. The topological polar surface area (TPSA) is 38.0 Å². The number of anilines is 2. The Hall–Kier alpha value is -2.08. The fourth-order valence-electron chi connectivity index (χ4n) is 1.94. The van der Waals surface area contributed by atoms with Gasteiger partial charge in [-0.25, -0.2) is 0 Å². The predicted octanol–water partition coefficient (Wildman–Crippen LogP) is 4.39. The summed E-state index contributed by atoms with van der Waals surface area (Å²) in [6.07, 6.45) is -4.51. The fraction of sp³-hybridized carbons (Fsp3) is 0.133. The van der Waals surface area contributed by atoms with E-state index in [0.717, 1.165) is 17.3 Å². The maximum Gasteiger partial charge on any atom is 0.417 e. The molecule has 0 spiro atoms. The van der Waals surface area contributed by atoms with Crippen LogP contribution in [0.5, 0.6) is 0 Å². The molecule has 2 rings (SSSR count). The zero-order valence-corrected chi connectivity index (χ0v) is 12.0. The van der Waals surface area contributed by atoms with E-state index in [0.29, 0.717) is 5.69 Å². The molecule has 6 heteroatoms. The van der Waals surface area contributed by atoms with Crippen LogP contribution in [-0.2, 0) is 6.18 Å². The van der Waals surface area contributed by atoms with Gasteiger partial charge in [-0.05, 0) is 36.8 Å². The van der Waals surface area contributed by atoms with Crippen molar-refractivity contribution in [2.45, 2.75) is 13.1 Å². The molecule has 2 aromatic carbocycles. The number of para-hydroxylation sites is 1. The van der Waals surface area contributed by atoms with Gasteiger partial charge in [0, 0.05) is 16.9 Å². The van der Waals surface area contributed by atoms with Crippen molar-refractivity contribution in [2.24, 2.45) is 5.73 Å². The average Bonchev–Trinajstić information content (AvgIpc) is 2.40. The van der Waals surface area contributed by atoms with Gasteiger partial charge in [-0.15, -0.1) is 0 Å². The van der Waals surface area contributed by atoms with Crippen molar-refractivity contribution in [3.8, 4) is 0 Å². The summed E-state index contributed by atoms with van der Waals surface area (Å²) in [7, 11) is 0. The van der Waals surface area contributed by atoms with Crippen molar-refractivity contribution >= 4 is 28.6 Å². The zero-order valence-electron chi connectivity index (χ0n) is 11.2. The summed E-state index contributed by atoms with van der Waals surface area (Å²) >= 11 is 4.67. The van der Waals surface area contributed by atoms with E-state index in [4.69, 9.17) is 5.73 Å². The van der Waals surface area contributed by atoms with Crippen LogP contribution in [0, 0.1) is 6.92 Å². The second-order valence-electron chi connectivity index (χ2n) is 4.56. The zero-order chi connectivity index (χ0) is 15.6. The molecule has 2 aromatic rings. The number of hydrogen-bond donors (Lipinski definition) is 2. The Bertz CT molecular complexity index is 681. The van der Waals surface area contributed by atoms with E-state index < -0.39 is 11.7 Å². The number of thiocarbonyl (C=S) groups is 1. The third-order valence-electron chi connectivity index (χ3n) is 3.01. The van der Waals surface area contributed by atoms with E-state index in [1.807, 2.05) is 25.1 Å². The summed E-state index contributed by atoms with van der Waals surface area (Å²) in [5.41, 5.74) is 6.35. The molecular formula is C15H13F3N2S. The molecule has 0 aromatic heterocycles. The Kier molecular flexibility index (Phi) is 4.18. The van der Waals surface area contributed by atoms with Gasteiger partial charge in [-0.3, -0.25) is 0 Å². The second-order valence-corrected chi connectivity index (χ2v) is 5.00. The Morgan fingerprint density at radius 2 is 1.81 bits per heavy atom. The first-order valence-corrected chi connectivity index (χ1v) is 6.53.